The molecule has 2 aliphatic heterocycles. The molecule has 3 atom stereocenters. The molecule has 1 saturated heterocycles. The van der Waals surface area contributed by atoms with Crippen molar-refractivity contribution in [2.45, 2.75) is 44.4 Å². The van der Waals surface area contributed by atoms with Gasteiger partial charge in [-0.05, 0) is 32.1 Å². The third-order valence-electron chi connectivity index (χ3n) is 3.31. The molecule has 0 radical (unpaired) electrons. The number of nitrogens with one attached hydrogen (secondary N) is 1. The van der Waals surface area contributed by atoms with Crippen molar-refractivity contribution in [2.24, 2.45) is 10.9 Å². The summed E-state index contributed by atoms with van der Waals surface area (Å²) >= 11 is 0. The summed E-state index contributed by atoms with van der Waals surface area (Å²) in [5, 5.41) is 2.55. The molecule has 0 aliphatic carbocycles. The predicted molar refractivity (Wildman–Crippen MR) is 52.1 cm³/mol. The normalized spacial score (nSPS) is 37.1. The molecule has 0 amide bonds. The van der Waals surface area contributed by atoms with Crippen LogP contribution in [0.5, 0.6) is 0 Å². The van der Waals surface area contributed by atoms with E-state index >= 15 is 0 Å². The summed E-state index contributed by atoms with van der Waals surface area (Å²) < 4.78 is 37.4. The van der Waals surface area contributed by atoms with Crippen LogP contribution in [0, 0.1) is 5.92 Å². The Balaban J connectivity index is 2.03. The van der Waals surface area contributed by atoms with Crippen LogP contribution in [0.4, 0.5) is 13.2 Å². The van der Waals surface area contributed by atoms with E-state index in [1.54, 1.807) is 0 Å². The van der Waals surface area contributed by atoms with Crippen molar-refractivity contribution in [3.05, 3.63) is 0 Å². The minimum absolute atomic E-state index is 0.0670. The topological polar surface area (TPSA) is 24.4 Å². The number of piperidine rings is 1. The Morgan fingerprint density at radius 1 is 1.40 bits per heavy atom. The van der Waals surface area contributed by atoms with Gasteiger partial charge in [0.15, 0.2) is 0 Å². The van der Waals surface area contributed by atoms with Gasteiger partial charge in [-0.15, -0.1) is 0 Å². The molecule has 2 heterocycles. The molecule has 2 rings (SSSR count). The monoisotopic (exact) mass is 220 g/mol. The molecule has 0 bridgehead atoms. The Bertz CT molecular complexity index is 272. The van der Waals surface area contributed by atoms with Gasteiger partial charge < -0.3 is 5.32 Å². The molecule has 0 spiro atoms. The first-order chi connectivity index (χ1) is 6.97. The fraction of sp³-hybridized carbons (Fsp3) is 0.900. The Morgan fingerprint density at radius 3 is 2.80 bits per heavy atom. The first-order valence-electron chi connectivity index (χ1n) is 5.30. The second kappa shape index (κ2) is 3.77. The Kier molecular flexibility index (Phi) is 2.75. The van der Waals surface area contributed by atoms with Crippen LogP contribution < -0.4 is 5.32 Å². The zero-order chi connectivity index (χ0) is 11.1. The van der Waals surface area contributed by atoms with E-state index in [9.17, 15) is 13.2 Å². The molecular formula is C10H15F3N2. The summed E-state index contributed by atoms with van der Waals surface area (Å²) in [7, 11) is 0. The number of alkyl halides is 3. The number of nitrogens with zero attached hydrogens (tertiary/aromatic N) is 1. The minimum atomic E-state index is -4.11. The lowest BCUT2D eigenvalue weighted by Gasteiger charge is -2.38. The van der Waals surface area contributed by atoms with Gasteiger partial charge in [-0.1, -0.05) is 0 Å². The molecule has 0 aromatic rings. The highest BCUT2D eigenvalue weighted by Gasteiger charge is 2.45. The standard InChI is InChI=1S/C10H15F3N2/c1-6-2-3-7-4-9(10(11,12)13)14-5-8(7)15-6/h7-9,14H,2-5H2,1H3. The van der Waals surface area contributed by atoms with E-state index in [0.717, 1.165) is 18.6 Å². The van der Waals surface area contributed by atoms with Crippen LogP contribution in [-0.2, 0) is 0 Å². The third kappa shape index (κ3) is 2.33. The zero-order valence-corrected chi connectivity index (χ0v) is 8.64. The maximum Gasteiger partial charge on any atom is 0.403 e. The molecule has 0 aromatic carbocycles. The molecule has 86 valence electrons. The molecule has 15 heavy (non-hydrogen) atoms. The maximum atomic E-state index is 12.5. The number of hydrogen-bond donors (Lipinski definition) is 1. The van der Waals surface area contributed by atoms with Crippen molar-refractivity contribution in [1.29, 1.82) is 0 Å². The van der Waals surface area contributed by atoms with E-state index in [1.807, 2.05) is 6.92 Å². The van der Waals surface area contributed by atoms with Crippen molar-refractivity contribution in [3.8, 4) is 0 Å². The molecule has 2 aliphatic rings. The Morgan fingerprint density at radius 2 is 2.13 bits per heavy atom. The van der Waals surface area contributed by atoms with E-state index in [4.69, 9.17) is 0 Å². The van der Waals surface area contributed by atoms with E-state index in [0.29, 0.717) is 6.54 Å². The van der Waals surface area contributed by atoms with Gasteiger partial charge in [0.25, 0.3) is 0 Å². The highest BCUT2D eigenvalue weighted by Crippen LogP contribution is 2.34. The Labute approximate surface area is 87.0 Å². The lowest BCUT2D eigenvalue weighted by molar-refractivity contribution is -0.164. The predicted octanol–water partition coefficient (Wildman–Crippen LogP) is 2.15. The number of fused-ring (bicyclic) bond motifs is 1. The van der Waals surface area contributed by atoms with Crippen LogP contribution in [0.3, 0.4) is 0 Å². The SMILES string of the molecule is CC1=NC2CNC(C(F)(F)F)CC2CC1. The quantitative estimate of drug-likeness (QED) is 0.664. The first kappa shape index (κ1) is 10.9. The summed E-state index contributed by atoms with van der Waals surface area (Å²) in [5.41, 5.74) is 1.07. The summed E-state index contributed by atoms with van der Waals surface area (Å²) in [6.45, 7) is 2.32. The molecule has 1 N–H and O–H groups in total. The molecular weight excluding hydrogens is 205 g/mol. The lowest BCUT2D eigenvalue weighted by Crippen LogP contribution is -2.53. The van der Waals surface area contributed by atoms with Crippen LogP contribution in [-0.4, -0.2) is 30.5 Å². The van der Waals surface area contributed by atoms with Crippen molar-refractivity contribution in [1.82, 2.24) is 5.32 Å². The van der Waals surface area contributed by atoms with Crippen LogP contribution >= 0.6 is 0 Å². The van der Waals surface area contributed by atoms with Crippen LogP contribution in [0.1, 0.15) is 26.2 Å². The van der Waals surface area contributed by atoms with Gasteiger partial charge in [0.05, 0.1) is 6.04 Å². The lowest BCUT2D eigenvalue weighted by atomic mass is 9.82. The zero-order valence-electron chi connectivity index (χ0n) is 8.64. The van der Waals surface area contributed by atoms with E-state index in [1.165, 1.54) is 0 Å². The van der Waals surface area contributed by atoms with Gasteiger partial charge in [0.1, 0.15) is 6.04 Å². The molecule has 5 heteroatoms. The average Bonchev–Trinajstić information content (AvgIpc) is 2.15. The summed E-state index contributed by atoms with van der Waals surface area (Å²) in [6.07, 6.45) is -2.22. The second-order valence-electron chi connectivity index (χ2n) is 4.47. The summed E-state index contributed by atoms with van der Waals surface area (Å²) in [6, 6.07) is -1.26. The van der Waals surface area contributed by atoms with E-state index in [2.05, 4.69) is 10.3 Å². The number of halogens is 3. The molecule has 0 aromatic heterocycles. The number of aliphatic imine (C=N–C) groups is 1. The maximum absolute atomic E-state index is 12.5. The first-order valence-corrected chi connectivity index (χ1v) is 5.30. The third-order valence-corrected chi connectivity index (χ3v) is 3.31. The second-order valence-corrected chi connectivity index (χ2v) is 4.47. The number of rotatable bonds is 0. The Hall–Kier alpha value is -0.580. The van der Waals surface area contributed by atoms with Crippen molar-refractivity contribution >= 4 is 5.71 Å². The van der Waals surface area contributed by atoms with Gasteiger partial charge in [-0.25, -0.2) is 0 Å². The van der Waals surface area contributed by atoms with E-state index < -0.39 is 12.2 Å². The van der Waals surface area contributed by atoms with Gasteiger partial charge in [0, 0.05) is 12.3 Å². The average molecular weight is 220 g/mol. The van der Waals surface area contributed by atoms with Crippen LogP contribution in [0.2, 0.25) is 0 Å². The van der Waals surface area contributed by atoms with Gasteiger partial charge in [-0.3, -0.25) is 4.99 Å². The highest BCUT2D eigenvalue weighted by atomic mass is 19.4. The van der Waals surface area contributed by atoms with Crippen LogP contribution in [0.15, 0.2) is 4.99 Å². The molecule has 1 fully saturated rings. The highest BCUT2D eigenvalue weighted by molar-refractivity contribution is 5.82. The van der Waals surface area contributed by atoms with Crippen molar-refractivity contribution in [2.75, 3.05) is 6.54 Å². The van der Waals surface area contributed by atoms with Gasteiger partial charge in [0.2, 0.25) is 0 Å². The summed E-state index contributed by atoms with van der Waals surface area (Å²) in [5.74, 6) is 0.113. The molecule has 3 unspecified atom stereocenters. The fourth-order valence-electron chi connectivity index (χ4n) is 2.43. The van der Waals surface area contributed by atoms with Crippen molar-refractivity contribution < 1.29 is 13.2 Å². The smallest absolute Gasteiger partial charge is 0.304 e. The van der Waals surface area contributed by atoms with Crippen LogP contribution in [0.25, 0.3) is 0 Å². The number of hydrogen-bond acceptors (Lipinski definition) is 2. The van der Waals surface area contributed by atoms with Gasteiger partial charge >= 0.3 is 6.18 Å². The van der Waals surface area contributed by atoms with E-state index in [-0.39, 0.29) is 18.4 Å². The molecule has 0 saturated carbocycles. The minimum Gasteiger partial charge on any atom is -0.304 e. The molecule has 2 nitrogen and oxygen atoms in total. The van der Waals surface area contributed by atoms with Crippen molar-refractivity contribution in [3.63, 3.8) is 0 Å². The fourth-order valence-corrected chi connectivity index (χ4v) is 2.43. The summed E-state index contributed by atoms with van der Waals surface area (Å²) in [4.78, 5) is 4.41. The van der Waals surface area contributed by atoms with Gasteiger partial charge in [-0.2, -0.15) is 13.2 Å². The largest absolute Gasteiger partial charge is 0.403 e.